The van der Waals surface area contributed by atoms with Crippen molar-refractivity contribution in [3.63, 3.8) is 0 Å². The van der Waals surface area contributed by atoms with Crippen molar-refractivity contribution in [1.29, 1.82) is 0 Å². The van der Waals surface area contributed by atoms with Crippen molar-refractivity contribution < 1.29 is 0 Å². The van der Waals surface area contributed by atoms with Crippen molar-refractivity contribution in [2.75, 3.05) is 19.6 Å². The van der Waals surface area contributed by atoms with E-state index in [0.29, 0.717) is 0 Å². The van der Waals surface area contributed by atoms with Crippen LogP contribution in [0.1, 0.15) is 59.3 Å². The lowest BCUT2D eigenvalue weighted by molar-refractivity contribution is 0.102. The molecule has 2 rings (SSSR count). The molecule has 0 amide bonds. The van der Waals surface area contributed by atoms with Crippen LogP contribution in [0.3, 0.4) is 0 Å². The summed E-state index contributed by atoms with van der Waals surface area (Å²) in [6, 6.07) is 1.63. The molecule has 2 heteroatoms. The Labute approximate surface area is 114 Å². The summed E-state index contributed by atoms with van der Waals surface area (Å²) in [6.45, 7) is 11.0. The van der Waals surface area contributed by atoms with Crippen molar-refractivity contribution in [3.8, 4) is 0 Å². The Hall–Kier alpha value is -0.0800. The van der Waals surface area contributed by atoms with E-state index in [-0.39, 0.29) is 0 Å². The largest absolute Gasteiger partial charge is 0.314 e. The van der Waals surface area contributed by atoms with Crippen molar-refractivity contribution in [3.05, 3.63) is 0 Å². The van der Waals surface area contributed by atoms with Gasteiger partial charge in [-0.3, -0.25) is 0 Å². The fourth-order valence-electron chi connectivity index (χ4n) is 3.76. The van der Waals surface area contributed by atoms with E-state index in [2.05, 4.69) is 31.0 Å². The maximum Gasteiger partial charge on any atom is 0.00979 e. The van der Waals surface area contributed by atoms with Crippen LogP contribution in [-0.4, -0.2) is 36.6 Å². The Morgan fingerprint density at radius 1 is 1.11 bits per heavy atom. The van der Waals surface area contributed by atoms with Crippen molar-refractivity contribution in [2.24, 2.45) is 11.8 Å². The van der Waals surface area contributed by atoms with E-state index in [4.69, 9.17) is 0 Å². The molecule has 1 aliphatic carbocycles. The molecule has 1 heterocycles. The Morgan fingerprint density at radius 2 is 1.94 bits per heavy atom. The minimum atomic E-state index is 0.747. The Bertz CT molecular complexity index is 241. The monoisotopic (exact) mass is 252 g/mol. The minimum absolute atomic E-state index is 0.747. The van der Waals surface area contributed by atoms with Gasteiger partial charge in [-0.05, 0) is 50.6 Å². The quantitative estimate of drug-likeness (QED) is 0.811. The summed E-state index contributed by atoms with van der Waals surface area (Å²) in [5.41, 5.74) is 0. The van der Waals surface area contributed by atoms with E-state index >= 15 is 0 Å². The first-order chi connectivity index (χ1) is 8.69. The molecule has 1 saturated heterocycles. The summed E-state index contributed by atoms with van der Waals surface area (Å²) in [7, 11) is 0. The van der Waals surface area contributed by atoms with Gasteiger partial charge in [0.2, 0.25) is 0 Å². The number of hydrogen-bond acceptors (Lipinski definition) is 2. The fourth-order valence-corrected chi connectivity index (χ4v) is 3.76. The fraction of sp³-hybridized carbons (Fsp3) is 1.00. The molecule has 4 unspecified atom stereocenters. The number of nitrogens with zero attached hydrogens (tertiary/aromatic N) is 1. The second-order valence-electron chi connectivity index (χ2n) is 6.83. The van der Waals surface area contributed by atoms with Crippen LogP contribution in [0.15, 0.2) is 0 Å². The molecule has 0 aromatic rings. The van der Waals surface area contributed by atoms with Crippen molar-refractivity contribution in [2.45, 2.75) is 71.4 Å². The highest BCUT2D eigenvalue weighted by atomic mass is 15.2. The molecule has 2 fully saturated rings. The number of nitrogens with one attached hydrogen (secondary N) is 1. The Balaban J connectivity index is 1.92. The van der Waals surface area contributed by atoms with Gasteiger partial charge in [0.15, 0.2) is 0 Å². The molecule has 2 aliphatic rings. The zero-order valence-corrected chi connectivity index (χ0v) is 12.6. The topological polar surface area (TPSA) is 15.3 Å². The van der Waals surface area contributed by atoms with Crippen LogP contribution in [-0.2, 0) is 0 Å². The second kappa shape index (κ2) is 6.91. The summed E-state index contributed by atoms with van der Waals surface area (Å²) >= 11 is 0. The molecule has 1 aliphatic heterocycles. The van der Waals surface area contributed by atoms with E-state index in [0.717, 1.165) is 23.9 Å². The minimum Gasteiger partial charge on any atom is -0.314 e. The van der Waals surface area contributed by atoms with Crippen molar-refractivity contribution >= 4 is 0 Å². The Morgan fingerprint density at radius 3 is 2.67 bits per heavy atom. The summed E-state index contributed by atoms with van der Waals surface area (Å²) in [6.07, 6.45) is 8.42. The summed E-state index contributed by atoms with van der Waals surface area (Å²) < 4.78 is 0. The van der Waals surface area contributed by atoms with Gasteiger partial charge in [0.1, 0.15) is 0 Å². The van der Waals surface area contributed by atoms with Crippen LogP contribution in [0.25, 0.3) is 0 Å². The summed E-state index contributed by atoms with van der Waals surface area (Å²) in [4.78, 5) is 2.82. The van der Waals surface area contributed by atoms with Gasteiger partial charge in [-0.1, -0.05) is 33.6 Å². The van der Waals surface area contributed by atoms with Gasteiger partial charge in [0.25, 0.3) is 0 Å². The predicted octanol–water partition coefficient (Wildman–Crippen LogP) is 3.28. The average Bonchev–Trinajstić information content (AvgIpc) is 2.34. The van der Waals surface area contributed by atoms with Crippen LogP contribution in [0.2, 0.25) is 0 Å². The zero-order valence-electron chi connectivity index (χ0n) is 12.6. The van der Waals surface area contributed by atoms with Crippen molar-refractivity contribution in [1.82, 2.24) is 10.2 Å². The van der Waals surface area contributed by atoms with Gasteiger partial charge < -0.3 is 10.2 Å². The van der Waals surface area contributed by atoms with E-state index in [1.165, 1.54) is 58.2 Å². The lowest BCUT2D eigenvalue weighted by Crippen LogP contribution is -2.48. The van der Waals surface area contributed by atoms with Gasteiger partial charge in [-0.25, -0.2) is 0 Å². The van der Waals surface area contributed by atoms with Crippen LogP contribution < -0.4 is 5.32 Å². The Kier molecular flexibility index (Phi) is 5.50. The molecule has 4 atom stereocenters. The molecular formula is C16H32N2. The van der Waals surface area contributed by atoms with E-state index in [1.54, 1.807) is 0 Å². The van der Waals surface area contributed by atoms with Crippen LogP contribution in [0, 0.1) is 11.8 Å². The van der Waals surface area contributed by atoms with Gasteiger partial charge in [-0.2, -0.15) is 0 Å². The first-order valence-corrected chi connectivity index (χ1v) is 8.16. The molecule has 0 spiro atoms. The smallest absolute Gasteiger partial charge is 0.00979 e. The van der Waals surface area contributed by atoms with Crippen LogP contribution in [0.4, 0.5) is 0 Å². The summed E-state index contributed by atoms with van der Waals surface area (Å²) in [5.74, 6) is 1.75. The zero-order chi connectivity index (χ0) is 13.0. The number of rotatable bonds is 2. The van der Waals surface area contributed by atoms with E-state index in [9.17, 15) is 0 Å². The molecule has 18 heavy (non-hydrogen) atoms. The van der Waals surface area contributed by atoms with Gasteiger partial charge in [0.05, 0.1) is 0 Å². The lowest BCUT2D eigenvalue weighted by Gasteiger charge is -2.40. The standard InChI is InChI=1S/C16H32N2/c1-4-15-8-9-18(12-14(3)11-17-15)16-7-5-6-13(2)10-16/h13-17H,4-12H2,1-3H3. The third-order valence-corrected chi connectivity index (χ3v) is 4.98. The van der Waals surface area contributed by atoms with Gasteiger partial charge in [-0.15, -0.1) is 0 Å². The first kappa shape index (κ1) is 14.3. The van der Waals surface area contributed by atoms with E-state index < -0.39 is 0 Å². The molecule has 1 saturated carbocycles. The lowest BCUT2D eigenvalue weighted by atomic mass is 9.85. The molecule has 1 N–H and O–H groups in total. The van der Waals surface area contributed by atoms with Gasteiger partial charge in [0, 0.05) is 18.6 Å². The molecular weight excluding hydrogens is 220 g/mol. The maximum absolute atomic E-state index is 3.73. The molecule has 2 nitrogen and oxygen atoms in total. The molecule has 0 radical (unpaired) electrons. The number of hydrogen-bond donors (Lipinski definition) is 1. The predicted molar refractivity (Wildman–Crippen MR) is 78.9 cm³/mol. The third kappa shape index (κ3) is 3.96. The maximum atomic E-state index is 3.73. The highest BCUT2D eigenvalue weighted by Crippen LogP contribution is 2.28. The second-order valence-corrected chi connectivity index (χ2v) is 6.83. The molecule has 0 aromatic heterocycles. The normalized spacial score (nSPS) is 40.2. The third-order valence-electron chi connectivity index (χ3n) is 4.98. The van der Waals surface area contributed by atoms with Crippen LogP contribution >= 0.6 is 0 Å². The average molecular weight is 252 g/mol. The molecule has 106 valence electrons. The SMILES string of the molecule is CCC1CCN(C2CCCC(C)C2)CC(C)CN1. The molecule has 0 aromatic carbocycles. The summed E-state index contributed by atoms with van der Waals surface area (Å²) in [5, 5.41) is 3.73. The molecule has 0 bridgehead atoms. The highest BCUT2D eigenvalue weighted by molar-refractivity contribution is 4.83. The first-order valence-electron chi connectivity index (χ1n) is 8.16. The van der Waals surface area contributed by atoms with E-state index in [1.807, 2.05) is 0 Å². The highest BCUT2D eigenvalue weighted by Gasteiger charge is 2.27. The van der Waals surface area contributed by atoms with Gasteiger partial charge >= 0.3 is 0 Å². The van der Waals surface area contributed by atoms with Crippen LogP contribution in [0.5, 0.6) is 0 Å².